The molecule has 1 heterocycles. The summed E-state index contributed by atoms with van der Waals surface area (Å²) in [6.45, 7) is 0. The maximum Gasteiger partial charge on any atom is 0.203 e. The molecule has 2 aliphatic rings. The molecule has 156 valence electrons. The van der Waals surface area contributed by atoms with Gasteiger partial charge >= 0.3 is 0 Å². The van der Waals surface area contributed by atoms with Crippen molar-refractivity contribution in [3.8, 4) is 5.75 Å². The van der Waals surface area contributed by atoms with Crippen LogP contribution in [0.25, 0.3) is 16.5 Å². The monoisotopic (exact) mass is 418 g/mol. The van der Waals surface area contributed by atoms with Crippen LogP contribution in [0.3, 0.4) is 0 Å². The van der Waals surface area contributed by atoms with Crippen molar-refractivity contribution in [2.75, 3.05) is 0 Å². The van der Waals surface area contributed by atoms with E-state index in [2.05, 4.69) is 24.3 Å². The third-order valence-corrected chi connectivity index (χ3v) is 6.82. The van der Waals surface area contributed by atoms with E-state index in [1.807, 2.05) is 72.8 Å². The van der Waals surface area contributed by atoms with Crippen LogP contribution in [0, 0.1) is 0 Å². The summed E-state index contributed by atoms with van der Waals surface area (Å²) < 4.78 is 6.30. The molecule has 0 aromatic heterocycles. The average Bonchev–Trinajstić information content (AvgIpc) is 3.26. The molecule has 4 aromatic rings. The number of ether oxygens (including phenoxy) is 1. The maximum atomic E-state index is 13.7. The molecule has 3 nitrogen and oxygen atoms in total. The Labute approximate surface area is 186 Å². The Morgan fingerprint density at radius 2 is 1.50 bits per heavy atom. The molecule has 1 fully saturated rings. The van der Waals surface area contributed by atoms with Gasteiger partial charge < -0.3 is 9.84 Å². The van der Waals surface area contributed by atoms with Crippen molar-refractivity contribution in [1.29, 1.82) is 0 Å². The van der Waals surface area contributed by atoms with Crippen LogP contribution in [-0.2, 0) is 4.79 Å². The summed E-state index contributed by atoms with van der Waals surface area (Å²) in [5, 5.41) is 13.4. The van der Waals surface area contributed by atoms with Crippen LogP contribution < -0.4 is 4.74 Å². The summed E-state index contributed by atoms with van der Waals surface area (Å²) >= 11 is 0. The van der Waals surface area contributed by atoms with Crippen LogP contribution in [0.4, 0.5) is 0 Å². The summed E-state index contributed by atoms with van der Waals surface area (Å²) in [6.07, 6.45) is -0.174. The molecule has 1 aliphatic carbocycles. The molecule has 0 saturated heterocycles. The SMILES string of the molecule is O=C1/C(=C(\O)c2ccccc2)C[C@H](c2ccccc2)[C@H]2c3c(ccc4ccccc34)O[C@@H]12. The number of fused-ring (bicyclic) bond motifs is 5. The number of hydrogen-bond acceptors (Lipinski definition) is 3. The van der Waals surface area contributed by atoms with Crippen molar-refractivity contribution in [1.82, 2.24) is 0 Å². The van der Waals surface area contributed by atoms with Gasteiger partial charge in [0, 0.05) is 22.6 Å². The molecule has 32 heavy (non-hydrogen) atoms. The average molecular weight is 418 g/mol. The number of aliphatic hydroxyl groups is 1. The molecule has 3 heteroatoms. The van der Waals surface area contributed by atoms with Crippen molar-refractivity contribution < 1.29 is 14.6 Å². The Morgan fingerprint density at radius 1 is 0.812 bits per heavy atom. The van der Waals surface area contributed by atoms with Gasteiger partial charge in [0.1, 0.15) is 11.5 Å². The predicted octanol–water partition coefficient (Wildman–Crippen LogP) is 6.41. The van der Waals surface area contributed by atoms with Gasteiger partial charge in [0.15, 0.2) is 6.10 Å². The summed E-state index contributed by atoms with van der Waals surface area (Å²) in [4.78, 5) is 13.7. The van der Waals surface area contributed by atoms with Crippen LogP contribution in [0.2, 0.25) is 0 Å². The Bertz CT molecular complexity index is 1360. The quantitative estimate of drug-likeness (QED) is 0.302. The molecule has 1 N–H and O–H groups in total. The third-order valence-electron chi connectivity index (χ3n) is 6.82. The minimum absolute atomic E-state index is 0.0202. The standard InChI is InChI=1S/C29H22O3/c30-27(20-12-5-2-6-13-20)23-17-22(18-9-3-1-4-10-18)26-25-21-14-8-7-11-19(21)15-16-24(25)32-29(26)28(23)31/h1-16,22,26,29-30H,17H2/b27-23-/t22-,26+,29-/m1/s1. The van der Waals surface area contributed by atoms with Gasteiger partial charge in [0.2, 0.25) is 5.78 Å². The number of Topliss-reactive ketones (excluding diaryl/α,β-unsaturated/α-hetero) is 1. The first kappa shape index (κ1) is 18.9. The Balaban J connectivity index is 1.55. The Hall–Kier alpha value is -3.85. The summed E-state index contributed by atoms with van der Waals surface area (Å²) in [5.41, 5.74) is 3.36. The van der Waals surface area contributed by atoms with Gasteiger partial charge in [0.05, 0.1) is 0 Å². The highest BCUT2D eigenvalue weighted by Crippen LogP contribution is 2.55. The lowest BCUT2D eigenvalue weighted by atomic mass is 9.68. The molecular weight excluding hydrogens is 396 g/mol. The highest BCUT2D eigenvalue weighted by Gasteiger charge is 2.50. The first-order valence-electron chi connectivity index (χ1n) is 11.0. The topological polar surface area (TPSA) is 46.5 Å². The second kappa shape index (κ2) is 7.38. The zero-order valence-corrected chi connectivity index (χ0v) is 17.4. The number of carbonyl (C=O) groups excluding carboxylic acids is 1. The summed E-state index contributed by atoms with van der Waals surface area (Å²) in [6, 6.07) is 31.9. The number of aliphatic hydroxyl groups excluding tert-OH is 1. The number of rotatable bonds is 2. The zero-order chi connectivity index (χ0) is 21.7. The van der Waals surface area contributed by atoms with E-state index in [0.29, 0.717) is 17.6 Å². The minimum atomic E-state index is -0.643. The van der Waals surface area contributed by atoms with Gasteiger partial charge in [0.25, 0.3) is 0 Å². The lowest BCUT2D eigenvalue weighted by Crippen LogP contribution is -2.39. The molecule has 0 spiro atoms. The van der Waals surface area contributed by atoms with Gasteiger partial charge in [-0.15, -0.1) is 0 Å². The summed E-state index contributed by atoms with van der Waals surface area (Å²) in [5.74, 6) is 0.627. The first-order chi connectivity index (χ1) is 15.7. The number of benzene rings is 4. The van der Waals surface area contributed by atoms with E-state index in [4.69, 9.17) is 4.74 Å². The normalized spacial score (nSPS) is 23.4. The molecule has 1 aliphatic heterocycles. The smallest absolute Gasteiger partial charge is 0.203 e. The number of hydrogen-bond donors (Lipinski definition) is 1. The fourth-order valence-electron chi connectivity index (χ4n) is 5.34. The second-order valence-corrected chi connectivity index (χ2v) is 8.54. The maximum absolute atomic E-state index is 13.7. The van der Waals surface area contributed by atoms with Gasteiger partial charge in [-0.1, -0.05) is 91.0 Å². The van der Waals surface area contributed by atoms with Crippen molar-refractivity contribution in [3.63, 3.8) is 0 Å². The van der Waals surface area contributed by atoms with Crippen molar-refractivity contribution in [3.05, 3.63) is 119 Å². The fourth-order valence-corrected chi connectivity index (χ4v) is 5.34. The van der Waals surface area contributed by atoms with E-state index < -0.39 is 6.10 Å². The molecule has 4 aromatic carbocycles. The van der Waals surface area contributed by atoms with E-state index in [9.17, 15) is 9.90 Å². The summed E-state index contributed by atoms with van der Waals surface area (Å²) in [7, 11) is 0. The van der Waals surface area contributed by atoms with Crippen molar-refractivity contribution in [2.45, 2.75) is 24.4 Å². The first-order valence-corrected chi connectivity index (χ1v) is 11.0. The van der Waals surface area contributed by atoms with E-state index in [1.54, 1.807) is 0 Å². The Kier molecular flexibility index (Phi) is 4.36. The van der Waals surface area contributed by atoms with Gasteiger partial charge in [-0.3, -0.25) is 4.79 Å². The molecule has 0 radical (unpaired) electrons. The third kappa shape index (κ3) is 2.85. The van der Waals surface area contributed by atoms with Crippen LogP contribution in [0.15, 0.2) is 103 Å². The lowest BCUT2D eigenvalue weighted by molar-refractivity contribution is -0.123. The van der Waals surface area contributed by atoms with Crippen molar-refractivity contribution >= 4 is 22.3 Å². The molecule has 1 saturated carbocycles. The minimum Gasteiger partial charge on any atom is -0.507 e. The van der Waals surface area contributed by atoms with Gasteiger partial charge in [-0.25, -0.2) is 0 Å². The van der Waals surface area contributed by atoms with E-state index in [0.717, 1.165) is 27.6 Å². The lowest BCUT2D eigenvalue weighted by Gasteiger charge is -2.34. The van der Waals surface area contributed by atoms with Crippen LogP contribution in [0.1, 0.15) is 34.9 Å². The van der Waals surface area contributed by atoms with E-state index >= 15 is 0 Å². The highest BCUT2D eigenvalue weighted by atomic mass is 16.5. The van der Waals surface area contributed by atoms with Crippen LogP contribution >= 0.6 is 0 Å². The van der Waals surface area contributed by atoms with Gasteiger partial charge in [-0.05, 0) is 34.7 Å². The molecular formula is C29H22O3. The highest BCUT2D eigenvalue weighted by molar-refractivity contribution is 6.07. The Morgan fingerprint density at radius 3 is 2.28 bits per heavy atom. The van der Waals surface area contributed by atoms with E-state index in [-0.39, 0.29) is 23.4 Å². The molecule has 0 unspecified atom stereocenters. The van der Waals surface area contributed by atoms with Crippen LogP contribution in [-0.4, -0.2) is 17.0 Å². The molecule has 0 amide bonds. The molecule has 6 rings (SSSR count). The van der Waals surface area contributed by atoms with Crippen LogP contribution in [0.5, 0.6) is 5.75 Å². The van der Waals surface area contributed by atoms with Gasteiger partial charge in [-0.2, -0.15) is 0 Å². The molecule has 0 bridgehead atoms. The zero-order valence-electron chi connectivity index (χ0n) is 17.4. The fraction of sp³-hybridized carbons (Fsp3) is 0.138. The van der Waals surface area contributed by atoms with E-state index in [1.165, 1.54) is 0 Å². The number of ketones is 1. The number of carbonyl (C=O) groups is 1. The molecule has 3 atom stereocenters. The van der Waals surface area contributed by atoms with Crippen molar-refractivity contribution in [2.24, 2.45) is 0 Å². The predicted molar refractivity (Wildman–Crippen MR) is 126 cm³/mol. The second-order valence-electron chi connectivity index (χ2n) is 8.54. The largest absolute Gasteiger partial charge is 0.507 e.